The molecular formula is C12H11N3. The molecule has 0 aliphatic rings. The summed E-state index contributed by atoms with van der Waals surface area (Å²) >= 11 is 0. The second-order valence-electron chi connectivity index (χ2n) is 3.29. The molecule has 1 aromatic carbocycles. The third kappa shape index (κ3) is 2.23. The van der Waals surface area contributed by atoms with Crippen molar-refractivity contribution in [2.75, 3.05) is 0 Å². The molecule has 0 amide bonds. The standard InChI is InChI=1S/C12H11N3/c13-10-12-14-7-9-15(12)8-6-11-4-2-1-3-5-11/h1-5,7,9H,6,8H2. The van der Waals surface area contributed by atoms with Crippen molar-refractivity contribution < 1.29 is 0 Å². The average molecular weight is 197 g/mol. The van der Waals surface area contributed by atoms with Gasteiger partial charge in [0, 0.05) is 18.9 Å². The number of rotatable bonds is 3. The summed E-state index contributed by atoms with van der Waals surface area (Å²) in [5.41, 5.74) is 1.27. The molecule has 0 unspecified atom stereocenters. The smallest absolute Gasteiger partial charge is 0.212 e. The molecule has 0 saturated heterocycles. The molecule has 0 aliphatic heterocycles. The number of aryl methyl sites for hydroxylation is 2. The van der Waals surface area contributed by atoms with Crippen molar-refractivity contribution in [1.29, 1.82) is 5.26 Å². The largest absolute Gasteiger partial charge is 0.322 e. The van der Waals surface area contributed by atoms with Crippen LogP contribution in [0.15, 0.2) is 42.7 Å². The van der Waals surface area contributed by atoms with Crippen LogP contribution in [-0.2, 0) is 13.0 Å². The Morgan fingerprint density at radius 1 is 1.27 bits per heavy atom. The number of benzene rings is 1. The molecule has 2 rings (SSSR count). The first kappa shape index (κ1) is 9.47. The van der Waals surface area contributed by atoms with E-state index in [-0.39, 0.29) is 0 Å². The number of hydrogen-bond donors (Lipinski definition) is 0. The van der Waals surface area contributed by atoms with Gasteiger partial charge in [0.25, 0.3) is 0 Å². The van der Waals surface area contributed by atoms with Crippen LogP contribution >= 0.6 is 0 Å². The van der Waals surface area contributed by atoms with Gasteiger partial charge in [-0.15, -0.1) is 0 Å². The SMILES string of the molecule is N#Cc1nccn1CCc1ccccc1. The van der Waals surface area contributed by atoms with Gasteiger partial charge < -0.3 is 4.57 Å². The lowest BCUT2D eigenvalue weighted by molar-refractivity contribution is 0.686. The van der Waals surface area contributed by atoms with E-state index in [1.807, 2.05) is 29.0 Å². The summed E-state index contributed by atoms with van der Waals surface area (Å²) in [6.45, 7) is 0.799. The van der Waals surface area contributed by atoms with Crippen molar-refractivity contribution >= 4 is 0 Å². The van der Waals surface area contributed by atoms with Crippen molar-refractivity contribution in [2.24, 2.45) is 0 Å². The van der Waals surface area contributed by atoms with E-state index < -0.39 is 0 Å². The van der Waals surface area contributed by atoms with Crippen LogP contribution in [0.5, 0.6) is 0 Å². The molecule has 1 aromatic heterocycles. The van der Waals surface area contributed by atoms with E-state index in [1.165, 1.54) is 5.56 Å². The van der Waals surface area contributed by atoms with Crippen LogP contribution in [0.25, 0.3) is 0 Å². The summed E-state index contributed by atoms with van der Waals surface area (Å²) in [4.78, 5) is 3.95. The summed E-state index contributed by atoms with van der Waals surface area (Å²) in [6, 6.07) is 12.3. The molecule has 0 aliphatic carbocycles. The Kier molecular flexibility index (Phi) is 2.80. The van der Waals surface area contributed by atoms with E-state index in [4.69, 9.17) is 5.26 Å². The fourth-order valence-corrected chi connectivity index (χ4v) is 1.50. The highest BCUT2D eigenvalue weighted by atomic mass is 15.1. The Labute approximate surface area is 88.6 Å². The monoisotopic (exact) mass is 197 g/mol. The minimum absolute atomic E-state index is 0.478. The Morgan fingerprint density at radius 3 is 2.80 bits per heavy atom. The summed E-state index contributed by atoms with van der Waals surface area (Å²) in [6.07, 6.45) is 4.41. The first-order chi connectivity index (χ1) is 7.40. The van der Waals surface area contributed by atoms with Crippen LogP contribution in [0.4, 0.5) is 0 Å². The Bertz CT molecular complexity index is 465. The lowest BCUT2D eigenvalue weighted by atomic mass is 10.1. The lowest BCUT2D eigenvalue weighted by Crippen LogP contribution is -2.02. The first-order valence-electron chi connectivity index (χ1n) is 4.85. The molecular weight excluding hydrogens is 186 g/mol. The number of imidazole rings is 1. The van der Waals surface area contributed by atoms with Crippen molar-refractivity contribution in [1.82, 2.24) is 9.55 Å². The first-order valence-corrected chi connectivity index (χ1v) is 4.85. The molecule has 0 spiro atoms. The van der Waals surface area contributed by atoms with Crippen molar-refractivity contribution in [3.05, 3.63) is 54.1 Å². The molecule has 1 heterocycles. The van der Waals surface area contributed by atoms with Gasteiger partial charge in [-0.25, -0.2) is 4.98 Å². The molecule has 0 radical (unpaired) electrons. The molecule has 0 atom stereocenters. The summed E-state index contributed by atoms with van der Waals surface area (Å²) in [5.74, 6) is 0.478. The minimum Gasteiger partial charge on any atom is -0.322 e. The van der Waals surface area contributed by atoms with Gasteiger partial charge in [-0.05, 0) is 12.0 Å². The Morgan fingerprint density at radius 2 is 2.07 bits per heavy atom. The fourth-order valence-electron chi connectivity index (χ4n) is 1.50. The molecule has 0 saturated carbocycles. The van der Waals surface area contributed by atoms with Gasteiger partial charge in [0.05, 0.1) is 0 Å². The zero-order chi connectivity index (χ0) is 10.5. The maximum atomic E-state index is 8.77. The lowest BCUT2D eigenvalue weighted by Gasteiger charge is -2.03. The third-order valence-corrected chi connectivity index (χ3v) is 2.30. The Balaban J connectivity index is 2.03. The van der Waals surface area contributed by atoms with E-state index in [2.05, 4.69) is 23.2 Å². The van der Waals surface area contributed by atoms with Gasteiger partial charge in [-0.2, -0.15) is 5.26 Å². The van der Waals surface area contributed by atoms with E-state index in [9.17, 15) is 0 Å². The molecule has 74 valence electrons. The van der Waals surface area contributed by atoms with Gasteiger partial charge in [-0.3, -0.25) is 0 Å². The molecule has 3 heteroatoms. The number of nitrogens with zero attached hydrogens (tertiary/aromatic N) is 3. The molecule has 2 aromatic rings. The maximum absolute atomic E-state index is 8.77. The van der Waals surface area contributed by atoms with E-state index in [0.29, 0.717) is 5.82 Å². The summed E-state index contributed by atoms with van der Waals surface area (Å²) in [5, 5.41) is 8.77. The van der Waals surface area contributed by atoms with Gasteiger partial charge in [0.1, 0.15) is 6.07 Å². The van der Waals surface area contributed by atoms with E-state index in [0.717, 1.165) is 13.0 Å². The van der Waals surface area contributed by atoms with Crippen molar-refractivity contribution in [2.45, 2.75) is 13.0 Å². The van der Waals surface area contributed by atoms with Gasteiger partial charge in [-0.1, -0.05) is 30.3 Å². The van der Waals surface area contributed by atoms with Crippen molar-refractivity contribution in [3.63, 3.8) is 0 Å². The maximum Gasteiger partial charge on any atom is 0.212 e. The van der Waals surface area contributed by atoms with Crippen LogP contribution < -0.4 is 0 Å². The molecule has 15 heavy (non-hydrogen) atoms. The third-order valence-electron chi connectivity index (χ3n) is 2.30. The highest BCUT2D eigenvalue weighted by molar-refractivity contribution is 5.16. The number of aromatic nitrogens is 2. The molecule has 3 nitrogen and oxygen atoms in total. The predicted molar refractivity (Wildman–Crippen MR) is 57.1 cm³/mol. The van der Waals surface area contributed by atoms with Gasteiger partial charge in [0.2, 0.25) is 5.82 Å². The topological polar surface area (TPSA) is 41.6 Å². The number of hydrogen-bond acceptors (Lipinski definition) is 2. The zero-order valence-electron chi connectivity index (χ0n) is 8.30. The average Bonchev–Trinajstić information content (AvgIpc) is 2.75. The normalized spacial score (nSPS) is 9.80. The number of nitriles is 1. The summed E-state index contributed by atoms with van der Waals surface area (Å²) in [7, 11) is 0. The van der Waals surface area contributed by atoms with Crippen LogP contribution in [0.1, 0.15) is 11.4 Å². The second kappa shape index (κ2) is 4.43. The van der Waals surface area contributed by atoms with Gasteiger partial charge >= 0.3 is 0 Å². The quantitative estimate of drug-likeness (QED) is 0.755. The highest BCUT2D eigenvalue weighted by Crippen LogP contribution is 2.03. The van der Waals surface area contributed by atoms with Crippen LogP contribution in [0.3, 0.4) is 0 Å². The minimum atomic E-state index is 0.478. The van der Waals surface area contributed by atoms with Crippen LogP contribution in [0.2, 0.25) is 0 Å². The van der Waals surface area contributed by atoms with Crippen LogP contribution in [-0.4, -0.2) is 9.55 Å². The predicted octanol–water partition coefficient (Wildman–Crippen LogP) is 2.00. The molecule has 0 fully saturated rings. The second-order valence-corrected chi connectivity index (χ2v) is 3.29. The van der Waals surface area contributed by atoms with E-state index >= 15 is 0 Å². The zero-order valence-corrected chi connectivity index (χ0v) is 8.30. The Hall–Kier alpha value is -2.08. The molecule has 0 N–H and O–H groups in total. The van der Waals surface area contributed by atoms with Gasteiger partial charge in [0.15, 0.2) is 0 Å². The molecule has 0 bridgehead atoms. The van der Waals surface area contributed by atoms with E-state index in [1.54, 1.807) is 6.20 Å². The highest BCUT2D eigenvalue weighted by Gasteiger charge is 2.00. The van der Waals surface area contributed by atoms with Crippen LogP contribution in [0, 0.1) is 11.3 Å². The summed E-state index contributed by atoms with van der Waals surface area (Å²) < 4.78 is 1.87. The van der Waals surface area contributed by atoms with Crippen molar-refractivity contribution in [3.8, 4) is 6.07 Å². The fraction of sp³-hybridized carbons (Fsp3) is 0.167.